The van der Waals surface area contributed by atoms with Gasteiger partial charge < -0.3 is 15.7 Å². The van der Waals surface area contributed by atoms with Crippen molar-refractivity contribution in [1.29, 1.82) is 0 Å². The number of hydrogen-bond acceptors (Lipinski definition) is 3. The molecule has 100 valence electrons. The molecule has 19 heavy (non-hydrogen) atoms. The lowest BCUT2D eigenvalue weighted by Crippen LogP contribution is -2.32. The van der Waals surface area contributed by atoms with E-state index in [4.69, 9.17) is 0 Å². The lowest BCUT2D eigenvalue weighted by atomic mass is 10.1. The molecule has 2 aromatic rings. The van der Waals surface area contributed by atoms with Crippen molar-refractivity contribution in [3.63, 3.8) is 0 Å². The van der Waals surface area contributed by atoms with Crippen LogP contribution in [0.3, 0.4) is 0 Å². The first kappa shape index (κ1) is 13.5. The molecule has 3 N–H and O–H groups in total. The summed E-state index contributed by atoms with van der Waals surface area (Å²) in [7, 11) is 0. The molecule has 0 saturated heterocycles. The highest BCUT2D eigenvalue weighted by molar-refractivity contribution is 7.08. The minimum atomic E-state index is -0.867. The largest absolute Gasteiger partial charge is 0.387 e. The lowest BCUT2D eigenvalue weighted by Gasteiger charge is -2.12. The van der Waals surface area contributed by atoms with Crippen LogP contribution in [0.2, 0.25) is 0 Å². The average molecular weight is 280 g/mol. The maximum atomic E-state index is 12.7. The molecule has 6 heteroatoms. The fraction of sp³-hybridized carbons (Fsp3) is 0.154. The van der Waals surface area contributed by atoms with Crippen LogP contribution < -0.4 is 10.6 Å². The lowest BCUT2D eigenvalue weighted by molar-refractivity contribution is 0.175. The Kier molecular flexibility index (Phi) is 4.48. The van der Waals surface area contributed by atoms with Gasteiger partial charge in [0.2, 0.25) is 0 Å². The number of amides is 2. The van der Waals surface area contributed by atoms with Gasteiger partial charge in [-0.05, 0) is 29.1 Å². The number of rotatable bonds is 4. The fourth-order valence-electron chi connectivity index (χ4n) is 1.50. The molecule has 0 spiro atoms. The molecule has 1 atom stereocenters. The second-order valence-electron chi connectivity index (χ2n) is 3.91. The first-order valence-electron chi connectivity index (χ1n) is 5.66. The molecule has 0 saturated carbocycles. The summed E-state index contributed by atoms with van der Waals surface area (Å²) in [4.78, 5) is 11.5. The highest BCUT2D eigenvalue weighted by Crippen LogP contribution is 2.13. The molecule has 0 aliphatic heterocycles. The van der Waals surface area contributed by atoms with Crippen LogP contribution in [0.5, 0.6) is 0 Å². The number of benzene rings is 1. The van der Waals surface area contributed by atoms with Gasteiger partial charge in [-0.2, -0.15) is 11.3 Å². The number of hydrogen-bond donors (Lipinski definition) is 3. The van der Waals surface area contributed by atoms with Gasteiger partial charge in [0.15, 0.2) is 0 Å². The zero-order chi connectivity index (χ0) is 13.7. The summed E-state index contributed by atoms with van der Waals surface area (Å²) in [6.45, 7) is 0.0571. The number of nitrogens with one attached hydrogen (secondary N) is 2. The third-order valence-electron chi connectivity index (χ3n) is 2.49. The molecule has 0 aliphatic rings. The van der Waals surface area contributed by atoms with Crippen LogP contribution in [0.25, 0.3) is 0 Å². The molecule has 0 fully saturated rings. The number of aliphatic hydroxyl groups is 1. The number of urea groups is 1. The van der Waals surface area contributed by atoms with E-state index in [9.17, 15) is 14.3 Å². The summed E-state index contributed by atoms with van der Waals surface area (Å²) in [6.07, 6.45) is -0.867. The van der Waals surface area contributed by atoms with Gasteiger partial charge in [-0.1, -0.05) is 12.1 Å². The molecular weight excluding hydrogens is 267 g/mol. The van der Waals surface area contributed by atoms with Gasteiger partial charge in [-0.3, -0.25) is 0 Å². The second-order valence-corrected chi connectivity index (χ2v) is 4.69. The number of carbonyl (C=O) groups excluding carboxylic acids is 1. The molecule has 1 unspecified atom stereocenters. The van der Waals surface area contributed by atoms with E-state index in [1.54, 1.807) is 11.4 Å². The Balaban J connectivity index is 1.81. The zero-order valence-electron chi connectivity index (χ0n) is 9.97. The quantitative estimate of drug-likeness (QED) is 0.806. The van der Waals surface area contributed by atoms with Crippen LogP contribution in [-0.4, -0.2) is 17.7 Å². The average Bonchev–Trinajstić information content (AvgIpc) is 2.89. The van der Waals surface area contributed by atoms with Crippen LogP contribution >= 0.6 is 11.3 Å². The summed E-state index contributed by atoms with van der Waals surface area (Å²) in [5.74, 6) is -0.362. The van der Waals surface area contributed by atoms with E-state index in [-0.39, 0.29) is 18.4 Å². The van der Waals surface area contributed by atoms with Gasteiger partial charge in [0.25, 0.3) is 0 Å². The molecule has 2 amide bonds. The Morgan fingerprint density at radius 1 is 1.32 bits per heavy atom. The normalized spacial score (nSPS) is 11.9. The molecule has 4 nitrogen and oxygen atoms in total. The Hall–Kier alpha value is -1.92. The van der Waals surface area contributed by atoms with Gasteiger partial charge >= 0.3 is 6.03 Å². The van der Waals surface area contributed by atoms with E-state index < -0.39 is 6.10 Å². The molecule has 0 bridgehead atoms. The molecule has 2 rings (SSSR count). The van der Waals surface area contributed by atoms with Crippen molar-refractivity contribution in [2.45, 2.75) is 6.10 Å². The third-order valence-corrected chi connectivity index (χ3v) is 3.17. The van der Waals surface area contributed by atoms with E-state index >= 15 is 0 Å². The Morgan fingerprint density at radius 3 is 2.68 bits per heavy atom. The molecular formula is C13H13FN2O2S. The van der Waals surface area contributed by atoms with E-state index in [2.05, 4.69) is 10.6 Å². The second kappa shape index (κ2) is 6.31. The molecule has 1 heterocycles. The van der Waals surface area contributed by atoms with Crippen molar-refractivity contribution in [1.82, 2.24) is 5.32 Å². The van der Waals surface area contributed by atoms with E-state index in [0.717, 1.165) is 0 Å². The summed E-state index contributed by atoms with van der Waals surface area (Å²) in [5, 5.41) is 18.6. The standard InChI is InChI=1S/C13H13FN2O2S/c14-10-3-1-9(2-4-10)12(17)7-15-13(18)16-11-5-6-19-8-11/h1-6,8,12,17H,7H2,(H2,15,16,18). The highest BCUT2D eigenvalue weighted by atomic mass is 32.1. The van der Waals surface area contributed by atoms with E-state index in [0.29, 0.717) is 11.3 Å². The monoisotopic (exact) mass is 280 g/mol. The predicted octanol–water partition coefficient (Wildman–Crippen LogP) is 2.74. The van der Waals surface area contributed by atoms with E-state index in [1.807, 2.05) is 5.38 Å². The van der Waals surface area contributed by atoms with Crippen molar-refractivity contribution in [3.8, 4) is 0 Å². The summed E-state index contributed by atoms with van der Waals surface area (Å²) in [5.41, 5.74) is 1.26. The SMILES string of the molecule is O=C(NCC(O)c1ccc(F)cc1)Nc1ccsc1. The van der Waals surface area contributed by atoms with Crippen LogP contribution in [0.4, 0.5) is 14.9 Å². The fourth-order valence-corrected chi connectivity index (χ4v) is 2.09. The molecule has 1 aromatic carbocycles. The Morgan fingerprint density at radius 2 is 2.05 bits per heavy atom. The summed E-state index contributed by atoms with van der Waals surface area (Å²) >= 11 is 1.48. The number of thiophene rings is 1. The smallest absolute Gasteiger partial charge is 0.319 e. The van der Waals surface area contributed by atoms with Gasteiger partial charge in [-0.25, -0.2) is 9.18 Å². The number of carbonyl (C=O) groups is 1. The molecule has 1 aromatic heterocycles. The summed E-state index contributed by atoms with van der Waals surface area (Å²) in [6, 6.07) is 6.89. The maximum absolute atomic E-state index is 12.7. The van der Waals surface area contributed by atoms with Crippen molar-refractivity contribution >= 4 is 23.1 Å². The number of aliphatic hydroxyl groups excluding tert-OH is 1. The predicted molar refractivity (Wildman–Crippen MR) is 72.7 cm³/mol. The maximum Gasteiger partial charge on any atom is 0.319 e. The first-order valence-corrected chi connectivity index (χ1v) is 6.60. The van der Waals surface area contributed by atoms with Crippen molar-refractivity contribution in [2.75, 3.05) is 11.9 Å². The minimum Gasteiger partial charge on any atom is -0.387 e. The first-order chi connectivity index (χ1) is 9.15. The van der Waals surface area contributed by atoms with Crippen molar-refractivity contribution in [2.24, 2.45) is 0 Å². The van der Waals surface area contributed by atoms with Gasteiger partial charge in [-0.15, -0.1) is 0 Å². The van der Waals surface area contributed by atoms with Crippen LogP contribution in [0.15, 0.2) is 41.1 Å². The zero-order valence-corrected chi connectivity index (χ0v) is 10.8. The van der Waals surface area contributed by atoms with Gasteiger partial charge in [0, 0.05) is 11.9 Å². The van der Waals surface area contributed by atoms with Crippen molar-refractivity contribution < 1.29 is 14.3 Å². The van der Waals surface area contributed by atoms with Gasteiger partial charge in [0.05, 0.1) is 11.8 Å². The van der Waals surface area contributed by atoms with Crippen molar-refractivity contribution in [3.05, 3.63) is 52.5 Å². The number of halogens is 1. The third kappa shape index (κ3) is 4.04. The van der Waals surface area contributed by atoms with E-state index in [1.165, 1.54) is 35.6 Å². The van der Waals surface area contributed by atoms with Crippen LogP contribution in [0.1, 0.15) is 11.7 Å². The Bertz CT molecular complexity index is 528. The Labute approximate surface area is 113 Å². The van der Waals surface area contributed by atoms with Crippen LogP contribution in [0, 0.1) is 5.82 Å². The molecule has 0 radical (unpaired) electrons. The van der Waals surface area contributed by atoms with Crippen LogP contribution in [-0.2, 0) is 0 Å². The number of anilines is 1. The highest BCUT2D eigenvalue weighted by Gasteiger charge is 2.09. The minimum absolute atomic E-state index is 0.0571. The van der Waals surface area contributed by atoms with Gasteiger partial charge in [0.1, 0.15) is 5.82 Å². The molecule has 0 aliphatic carbocycles. The topological polar surface area (TPSA) is 61.4 Å². The summed E-state index contributed by atoms with van der Waals surface area (Å²) < 4.78 is 12.7.